The topological polar surface area (TPSA) is 129 Å². The van der Waals surface area contributed by atoms with Gasteiger partial charge >= 0.3 is 5.97 Å². The first kappa shape index (κ1) is 30.1. The number of methoxy groups -OCH3 is 1. The fourth-order valence-electron chi connectivity index (χ4n) is 4.76. The Morgan fingerprint density at radius 3 is 2.47 bits per heavy atom. The minimum Gasteiger partial charge on any atom is -0.480 e. The maximum Gasteiger partial charge on any atom is 0.311 e. The van der Waals surface area contributed by atoms with Crippen molar-refractivity contribution in [3.63, 3.8) is 0 Å². The summed E-state index contributed by atoms with van der Waals surface area (Å²) in [5.41, 5.74) is 2.63. The molecule has 1 amide bonds. The molecule has 0 radical (unpaired) electrons. The SMILES string of the molecule is CCOC(=O)C1CN(Cc2ncc(-c3cccc(-c4cccc(NC(=O)c5ccnn(C)c5=O)c4Cl)c3Cl)nc2OC)C1. The maximum atomic E-state index is 12.9. The number of aromatic nitrogens is 4. The van der Waals surface area contributed by atoms with Crippen molar-refractivity contribution >= 4 is 40.8 Å². The Hall–Kier alpha value is -4.32. The summed E-state index contributed by atoms with van der Waals surface area (Å²) in [6.45, 7) is 3.79. The van der Waals surface area contributed by atoms with Crippen LogP contribution in [0.15, 0.2) is 59.7 Å². The van der Waals surface area contributed by atoms with E-state index in [1.165, 1.54) is 26.4 Å². The molecule has 4 aromatic rings. The van der Waals surface area contributed by atoms with Gasteiger partial charge < -0.3 is 14.8 Å². The molecule has 1 saturated heterocycles. The molecule has 2 aromatic heterocycles. The molecule has 43 heavy (non-hydrogen) atoms. The van der Waals surface area contributed by atoms with E-state index in [9.17, 15) is 14.4 Å². The number of carbonyl (C=O) groups is 2. The van der Waals surface area contributed by atoms with Crippen molar-refractivity contribution in [3.8, 4) is 28.3 Å². The second-order valence-corrected chi connectivity index (χ2v) is 10.6. The number of hydrogen-bond acceptors (Lipinski definition) is 9. The van der Waals surface area contributed by atoms with Gasteiger partial charge in [-0.25, -0.2) is 9.67 Å². The van der Waals surface area contributed by atoms with E-state index in [4.69, 9.17) is 32.7 Å². The quantitative estimate of drug-likeness (QED) is 0.269. The number of aryl methyl sites for hydroxylation is 1. The average molecular weight is 623 g/mol. The number of rotatable bonds is 9. The zero-order valence-corrected chi connectivity index (χ0v) is 25.1. The van der Waals surface area contributed by atoms with Crippen molar-refractivity contribution in [1.29, 1.82) is 0 Å². The molecule has 0 aliphatic carbocycles. The lowest BCUT2D eigenvalue weighted by atomic mass is 10.00. The molecule has 3 heterocycles. The lowest BCUT2D eigenvalue weighted by molar-refractivity contribution is -0.154. The first-order valence-electron chi connectivity index (χ1n) is 13.4. The number of nitrogens with zero attached hydrogens (tertiary/aromatic N) is 5. The molecule has 1 aliphatic rings. The first-order chi connectivity index (χ1) is 20.7. The summed E-state index contributed by atoms with van der Waals surface area (Å²) in [6.07, 6.45) is 3.00. The molecule has 222 valence electrons. The van der Waals surface area contributed by atoms with E-state index in [-0.39, 0.29) is 22.5 Å². The molecule has 1 N–H and O–H groups in total. The zero-order valence-electron chi connectivity index (χ0n) is 23.6. The summed E-state index contributed by atoms with van der Waals surface area (Å²) >= 11 is 13.7. The number of hydrogen-bond donors (Lipinski definition) is 1. The highest BCUT2D eigenvalue weighted by Crippen LogP contribution is 2.41. The van der Waals surface area contributed by atoms with E-state index in [0.717, 1.165) is 4.68 Å². The number of ether oxygens (including phenoxy) is 2. The maximum absolute atomic E-state index is 12.9. The van der Waals surface area contributed by atoms with Crippen LogP contribution in [-0.4, -0.2) is 63.3 Å². The number of halogens is 2. The van der Waals surface area contributed by atoms with Crippen molar-refractivity contribution < 1.29 is 19.1 Å². The summed E-state index contributed by atoms with van der Waals surface area (Å²) in [5.74, 6) is -0.585. The third-order valence-corrected chi connectivity index (χ3v) is 7.83. The third-order valence-electron chi connectivity index (χ3n) is 7.02. The fourth-order valence-corrected chi connectivity index (χ4v) is 5.36. The van der Waals surface area contributed by atoms with Crippen molar-refractivity contribution in [2.75, 3.05) is 32.1 Å². The van der Waals surface area contributed by atoms with Crippen LogP contribution in [0.2, 0.25) is 10.0 Å². The van der Waals surface area contributed by atoms with E-state index >= 15 is 0 Å². The predicted molar refractivity (Wildman–Crippen MR) is 162 cm³/mol. The lowest BCUT2D eigenvalue weighted by Crippen LogP contribution is -2.50. The average Bonchev–Trinajstić information content (AvgIpc) is 2.97. The van der Waals surface area contributed by atoms with E-state index in [2.05, 4.69) is 25.3 Å². The Labute approximate surface area is 257 Å². The summed E-state index contributed by atoms with van der Waals surface area (Å²) in [6, 6.07) is 11.9. The highest BCUT2D eigenvalue weighted by molar-refractivity contribution is 6.39. The number of carbonyl (C=O) groups excluding carboxylic acids is 2. The van der Waals surface area contributed by atoms with Crippen LogP contribution >= 0.6 is 23.2 Å². The predicted octanol–water partition coefficient (Wildman–Crippen LogP) is 4.47. The molecule has 5 rings (SSSR count). The smallest absolute Gasteiger partial charge is 0.311 e. The molecular weight excluding hydrogens is 595 g/mol. The fraction of sp³-hybridized carbons (Fsp3) is 0.267. The zero-order chi connectivity index (χ0) is 30.7. The molecule has 13 heteroatoms. The van der Waals surface area contributed by atoms with Crippen molar-refractivity contribution in [3.05, 3.63) is 86.5 Å². The van der Waals surface area contributed by atoms with Crippen LogP contribution in [0.3, 0.4) is 0 Å². The summed E-state index contributed by atoms with van der Waals surface area (Å²) in [4.78, 5) is 48.4. The normalized spacial score (nSPS) is 13.3. The van der Waals surface area contributed by atoms with Gasteiger partial charge in [0.15, 0.2) is 0 Å². The van der Waals surface area contributed by atoms with E-state index in [1.807, 2.05) is 12.1 Å². The highest BCUT2D eigenvalue weighted by Gasteiger charge is 2.34. The molecule has 0 bridgehead atoms. The first-order valence-corrected chi connectivity index (χ1v) is 14.2. The summed E-state index contributed by atoms with van der Waals surface area (Å²) in [5, 5.41) is 7.17. The molecule has 0 unspecified atom stereocenters. The lowest BCUT2D eigenvalue weighted by Gasteiger charge is -2.37. The van der Waals surface area contributed by atoms with E-state index < -0.39 is 11.5 Å². The monoisotopic (exact) mass is 622 g/mol. The minimum atomic E-state index is -0.612. The number of esters is 1. The van der Waals surface area contributed by atoms with Crippen molar-refractivity contribution in [1.82, 2.24) is 24.6 Å². The Balaban J connectivity index is 1.38. The molecule has 11 nitrogen and oxygen atoms in total. The summed E-state index contributed by atoms with van der Waals surface area (Å²) in [7, 11) is 2.98. The number of anilines is 1. The van der Waals surface area contributed by atoms with Gasteiger partial charge in [0.25, 0.3) is 11.5 Å². The number of nitrogens with one attached hydrogen (secondary N) is 1. The van der Waals surface area contributed by atoms with Gasteiger partial charge in [-0.3, -0.25) is 24.3 Å². The second-order valence-electron chi connectivity index (χ2n) is 9.82. The summed E-state index contributed by atoms with van der Waals surface area (Å²) < 4.78 is 11.7. The molecule has 0 atom stereocenters. The van der Waals surface area contributed by atoms with Gasteiger partial charge in [0.1, 0.15) is 11.3 Å². The Bertz CT molecular complexity index is 1760. The highest BCUT2D eigenvalue weighted by atomic mass is 35.5. The standard InChI is InChI=1S/C30H28Cl2N6O5/c1-4-43-30(41)17-14-38(15-17)16-24-28(42-3)36-23(13-33-24)20-9-5-7-18(25(20)31)19-8-6-10-22(26(19)32)35-27(39)21-11-12-34-37(2)29(21)40/h5-13,17H,4,14-16H2,1-3H3,(H,35,39). The van der Waals surface area contributed by atoms with Gasteiger partial charge in [0.05, 0.1) is 47.3 Å². The van der Waals surface area contributed by atoms with Crippen LogP contribution in [-0.2, 0) is 23.1 Å². The Morgan fingerprint density at radius 2 is 1.74 bits per heavy atom. The van der Waals surface area contributed by atoms with Crippen molar-refractivity contribution in [2.24, 2.45) is 13.0 Å². The van der Waals surface area contributed by atoms with E-state index in [1.54, 1.807) is 37.4 Å². The van der Waals surface area contributed by atoms with Gasteiger partial charge in [-0.1, -0.05) is 53.5 Å². The van der Waals surface area contributed by atoms with Crippen molar-refractivity contribution in [2.45, 2.75) is 13.5 Å². The largest absolute Gasteiger partial charge is 0.480 e. The van der Waals surface area contributed by atoms with Crippen LogP contribution in [0.1, 0.15) is 23.0 Å². The second kappa shape index (κ2) is 12.9. The van der Waals surface area contributed by atoms with Gasteiger partial charge in [0.2, 0.25) is 5.88 Å². The molecule has 1 aliphatic heterocycles. The Morgan fingerprint density at radius 1 is 1.05 bits per heavy atom. The molecular formula is C30H28Cl2N6O5. The minimum absolute atomic E-state index is 0.0668. The van der Waals surface area contributed by atoms with Crippen LogP contribution < -0.4 is 15.6 Å². The van der Waals surface area contributed by atoms with Crippen LogP contribution in [0.4, 0.5) is 5.69 Å². The van der Waals surface area contributed by atoms with Gasteiger partial charge in [-0.15, -0.1) is 0 Å². The van der Waals surface area contributed by atoms with Gasteiger partial charge in [-0.05, 0) is 19.1 Å². The Kier molecular flexibility index (Phi) is 9.05. The number of likely N-dealkylation sites (tertiary alicyclic amines) is 1. The van der Waals surface area contributed by atoms with Crippen LogP contribution in [0.5, 0.6) is 5.88 Å². The van der Waals surface area contributed by atoms with Gasteiger partial charge in [0, 0.05) is 49.6 Å². The van der Waals surface area contributed by atoms with Gasteiger partial charge in [-0.2, -0.15) is 5.10 Å². The number of amides is 1. The molecule has 0 spiro atoms. The van der Waals surface area contributed by atoms with Crippen LogP contribution in [0, 0.1) is 5.92 Å². The third kappa shape index (κ3) is 6.24. The number of benzene rings is 2. The molecule has 0 saturated carbocycles. The van der Waals surface area contributed by atoms with E-state index in [0.29, 0.717) is 70.9 Å². The molecule has 1 fully saturated rings. The molecule has 2 aromatic carbocycles. The van der Waals surface area contributed by atoms with Crippen LogP contribution in [0.25, 0.3) is 22.4 Å².